The van der Waals surface area contributed by atoms with Gasteiger partial charge in [0.2, 0.25) is 5.88 Å². The molecule has 1 heterocycles. The summed E-state index contributed by atoms with van der Waals surface area (Å²) < 4.78 is 11.8. The molecule has 1 amide bonds. The summed E-state index contributed by atoms with van der Waals surface area (Å²) in [6.45, 7) is 0.481. The van der Waals surface area contributed by atoms with Crippen molar-refractivity contribution in [2.24, 2.45) is 0 Å². The minimum atomic E-state index is -0.292. The third-order valence-electron chi connectivity index (χ3n) is 3.54. The van der Waals surface area contributed by atoms with E-state index in [1.54, 1.807) is 37.6 Å². The molecule has 2 aromatic carbocycles. The van der Waals surface area contributed by atoms with Crippen molar-refractivity contribution in [3.05, 3.63) is 82.5 Å². The predicted octanol–water partition coefficient (Wildman–Crippen LogP) is 5.04. The topological polar surface area (TPSA) is 60.5 Å². The monoisotopic (exact) mass is 412 g/mol. The molecular weight excluding hydrogens is 396 g/mol. The largest absolute Gasteiger partial charge is 0.438 e. The van der Waals surface area contributed by atoms with Crippen molar-refractivity contribution >= 4 is 27.5 Å². The Labute approximate surface area is 160 Å². The van der Waals surface area contributed by atoms with E-state index in [9.17, 15) is 4.79 Å². The van der Waals surface area contributed by atoms with Crippen molar-refractivity contribution in [1.29, 1.82) is 0 Å². The van der Waals surface area contributed by atoms with Gasteiger partial charge in [-0.25, -0.2) is 4.98 Å². The molecular formula is C20H17BrN2O3. The van der Waals surface area contributed by atoms with Gasteiger partial charge >= 0.3 is 0 Å². The quantitative estimate of drug-likeness (QED) is 0.616. The van der Waals surface area contributed by atoms with E-state index in [1.807, 2.05) is 36.4 Å². The molecule has 0 fully saturated rings. The minimum Gasteiger partial charge on any atom is -0.438 e. The molecule has 0 saturated heterocycles. The molecule has 5 nitrogen and oxygen atoms in total. The predicted molar refractivity (Wildman–Crippen MR) is 104 cm³/mol. The summed E-state index contributed by atoms with van der Waals surface area (Å²) in [6, 6.07) is 18.2. The highest BCUT2D eigenvalue weighted by atomic mass is 79.9. The maximum absolute atomic E-state index is 12.7. The fourth-order valence-corrected chi connectivity index (χ4v) is 2.63. The number of hydrogen-bond acceptors (Lipinski definition) is 4. The summed E-state index contributed by atoms with van der Waals surface area (Å²) in [4.78, 5) is 16.9. The van der Waals surface area contributed by atoms with Crippen molar-refractivity contribution in [2.45, 2.75) is 6.61 Å². The zero-order valence-corrected chi connectivity index (χ0v) is 15.7. The number of carbonyl (C=O) groups is 1. The van der Waals surface area contributed by atoms with Gasteiger partial charge in [-0.1, -0.05) is 28.1 Å². The SMILES string of the molecule is COCc1cccc(NC(=O)c2cccnc2Oc2ccc(Br)cc2)c1. The van der Waals surface area contributed by atoms with E-state index in [2.05, 4.69) is 26.2 Å². The summed E-state index contributed by atoms with van der Waals surface area (Å²) in [5, 5.41) is 2.87. The number of pyridine rings is 1. The van der Waals surface area contributed by atoms with Gasteiger partial charge in [0, 0.05) is 23.5 Å². The molecule has 0 spiro atoms. The molecule has 1 aromatic heterocycles. The molecule has 0 aliphatic carbocycles. The first-order valence-electron chi connectivity index (χ1n) is 7.93. The van der Waals surface area contributed by atoms with E-state index in [4.69, 9.17) is 9.47 Å². The van der Waals surface area contributed by atoms with Gasteiger partial charge in [0.25, 0.3) is 5.91 Å². The lowest BCUT2D eigenvalue weighted by molar-refractivity contribution is 0.102. The molecule has 0 aliphatic rings. The molecule has 0 bridgehead atoms. The fourth-order valence-electron chi connectivity index (χ4n) is 2.36. The Morgan fingerprint density at radius 2 is 1.92 bits per heavy atom. The molecule has 26 heavy (non-hydrogen) atoms. The van der Waals surface area contributed by atoms with Crippen LogP contribution in [0.5, 0.6) is 11.6 Å². The average molecular weight is 413 g/mol. The lowest BCUT2D eigenvalue weighted by Gasteiger charge is -2.11. The van der Waals surface area contributed by atoms with Crippen molar-refractivity contribution in [2.75, 3.05) is 12.4 Å². The van der Waals surface area contributed by atoms with E-state index >= 15 is 0 Å². The van der Waals surface area contributed by atoms with Gasteiger partial charge in [0.15, 0.2) is 0 Å². The van der Waals surface area contributed by atoms with Gasteiger partial charge in [0.05, 0.1) is 6.61 Å². The number of nitrogens with one attached hydrogen (secondary N) is 1. The lowest BCUT2D eigenvalue weighted by Crippen LogP contribution is -2.13. The van der Waals surface area contributed by atoms with Gasteiger partial charge in [0.1, 0.15) is 11.3 Å². The normalized spacial score (nSPS) is 10.4. The van der Waals surface area contributed by atoms with Crippen LogP contribution in [0.4, 0.5) is 5.69 Å². The summed E-state index contributed by atoms with van der Waals surface area (Å²) in [6.07, 6.45) is 1.59. The molecule has 3 rings (SSSR count). The number of anilines is 1. The first kappa shape index (κ1) is 18.1. The number of methoxy groups -OCH3 is 1. The Hall–Kier alpha value is -2.70. The fraction of sp³-hybridized carbons (Fsp3) is 0.100. The number of carbonyl (C=O) groups excluding carboxylic acids is 1. The molecule has 132 valence electrons. The summed E-state index contributed by atoms with van der Waals surface area (Å²) >= 11 is 3.38. The first-order valence-corrected chi connectivity index (χ1v) is 8.72. The van der Waals surface area contributed by atoms with Crippen LogP contribution in [0, 0.1) is 0 Å². The van der Waals surface area contributed by atoms with Gasteiger partial charge in [-0.05, 0) is 54.1 Å². The smallest absolute Gasteiger partial charge is 0.261 e. The zero-order valence-electron chi connectivity index (χ0n) is 14.1. The summed E-state index contributed by atoms with van der Waals surface area (Å²) in [5.41, 5.74) is 2.01. The Morgan fingerprint density at radius 3 is 2.69 bits per heavy atom. The average Bonchev–Trinajstić information content (AvgIpc) is 2.65. The number of hydrogen-bond donors (Lipinski definition) is 1. The van der Waals surface area contributed by atoms with Crippen LogP contribution < -0.4 is 10.1 Å². The van der Waals surface area contributed by atoms with Crippen LogP contribution in [0.1, 0.15) is 15.9 Å². The van der Waals surface area contributed by atoms with E-state index < -0.39 is 0 Å². The maximum Gasteiger partial charge on any atom is 0.261 e. The summed E-state index contributed by atoms with van der Waals surface area (Å²) in [5.74, 6) is 0.559. The van der Waals surface area contributed by atoms with Gasteiger partial charge in [-0.2, -0.15) is 0 Å². The highest BCUT2D eigenvalue weighted by Gasteiger charge is 2.15. The highest BCUT2D eigenvalue weighted by Crippen LogP contribution is 2.25. The number of benzene rings is 2. The second-order valence-corrected chi connectivity index (χ2v) is 6.42. The van der Waals surface area contributed by atoms with E-state index in [0.717, 1.165) is 10.0 Å². The first-order chi connectivity index (χ1) is 12.7. The number of amides is 1. The number of ether oxygens (including phenoxy) is 2. The lowest BCUT2D eigenvalue weighted by atomic mass is 10.2. The second-order valence-electron chi connectivity index (χ2n) is 5.50. The molecule has 3 aromatic rings. The van der Waals surface area contributed by atoms with Crippen LogP contribution in [0.2, 0.25) is 0 Å². The van der Waals surface area contributed by atoms with Crippen LogP contribution in [0.15, 0.2) is 71.3 Å². The number of rotatable bonds is 6. The second kappa shape index (κ2) is 8.60. The Bertz CT molecular complexity index is 898. The van der Waals surface area contributed by atoms with Gasteiger partial charge in [-0.15, -0.1) is 0 Å². The van der Waals surface area contributed by atoms with Gasteiger partial charge in [-0.3, -0.25) is 4.79 Å². The molecule has 0 atom stereocenters. The molecule has 1 N–H and O–H groups in total. The van der Waals surface area contributed by atoms with Crippen molar-refractivity contribution < 1.29 is 14.3 Å². The van der Waals surface area contributed by atoms with Crippen LogP contribution >= 0.6 is 15.9 Å². The minimum absolute atomic E-state index is 0.250. The van der Waals surface area contributed by atoms with Crippen molar-refractivity contribution in [3.63, 3.8) is 0 Å². The summed E-state index contributed by atoms with van der Waals surface area (Å²) in [7, 11) is 1.63. The molecule has 0 unspecified atom stereocenters. The Morgan fingerprint density at radius 1 is 1.12 bits per heavy atom. The number of aromatic nitrogens is 1. The molecule has 0 saturated carbocycles. The van der Waals surface area contributed by atoms with Crippen LogP contribution in [-0.4, -0.2) is 18.0 Å². The third-order valence-corrected chi connectivity index (χ3v) is 4.07. The Balaban J connectivity index is 1.79. The van der Waals surface area contributed by atoms with Crippen LogP contribution in [0.3, 0.4) is 0 Å². The highest BCUT2D eigenvalue weighted by molar-refractivity contribution is 9.10. The molecule has 0 aliphatic heterocycles. The van der Waals surface area contributed by atoms with E-state index in [1.165, 1.54) is 0 Å². The third kappa shape index (κ3) is 4.68. The molecule has 0 radical (unpaired) electrons. The zero-order chi connectivity index (χ0) is 18.4. The van der Waals surface area contributed by atoms with Crippen molar-refractivity contribution in [3.8, 4) is 11.6 Å². The standard InChI is InChI=1S/C20H17BrN2O3/c1-25-13-14-4-2-5-16(12-14)23-19(24)18-6-3-11-22-20(18)26-17-9-7-15(21)8-10-17/h2-12H,13H2,1H3,(H,23,24). The molecule has 6 heteroatoms. The Kier molecular flexibility index (Phi) is 5.99. The number of halogens is 1. The van der Waals surface area contributed by atoms with Gasteiger partial charge < -0.3 is 14.8 Å². The van der Waals surface area contributed by atoms with E-state index in [-0.39, 0.29) is 11.8 Å². The number of nitrogens with zero attached hydrogens (tertiary/aromatic N) is 1. The van der Waals surface area contributed by atoms with Crippen LogP contribution in [-0.2, 0) is 11.3 Å². The van der Waals surface area contributed by atoms with Crippen molar-refractivity contribution in [1.82, 2.24) is 4.98 Å². The maximum atomic E-state index is 12.7. The van der Waals surface area contributed by atoms with E-state index in [0.29, 0.717) is 23.6 Å². The van der Waals surface area contributed by atoms with Crippen LogP contribution in [0.25, 0.3) is 0 Å².